The lowest BCUT2D eigenvalue weighted by molar-refractivity contribution is 0.940. The third-order valence-corrected chi connectivity index (χ3v) is 2.00. The third kappa shape index (κ3) is 0.959. The highest BCUT2D eigenvalue weighted by Gasteiger charge is 2.19. The lowest BCUT2D eigenvalue weighted by Gasteiger charge is -2.03. The monoisotopic (exact) mass is 265 g/mol. The van der Waals surface area contributed by atoms with E-state index in [9.17, 15) is 4.79 Å². The Hall–Kier alpha value is -0.830. The van der Waals surface area contributed by atoms with Crippen LogP contribution in [0.3, 0.4) is 0 Å². The normalized spacial score (nSPS) is 14.5. The summed E-state index contributed by atoms with van der Waals surface area (Å²) in [5.74, 6) is 0.592. The van der Waals surface area contributed by atoms with E-state index in [1.807, 2.05) is 22.9 Å². The first-order valence-electron chi connectivity index (χ1n) is 2.84. The molecule has 0 bridgehead atoms. The van der Waals surface area contributed by atoms with Crippen LogP contribution >= 0.6 is 22.9 Å². The van der Waals surface area contributed by atoms with Crippen molar-refractivity contribution < 1.29 is 0 Å². The second kappa shape index (κ2) is 2.34. The topological polar surface area (TPSA) is 73.0 Å². The number of hydrogen-bond acceptors (Lipinski definition) is 5. The SMILES string of the molecule is O=c1[nH]cnc2c1NNN2I. The second-order valence-corrected chi connectivity index (χ2v) is 2.91. The standard InChI is InChI=1S/C4H4IN5O/c5-10-3-2(8-9-10)4(11)7-1-6-3/h1,8-9H,(H,6,7,11). The fourth-order valence-corrected chi connectivity index (χ4v) is 1.30. The van der Waals surface area contributed by atoms with Crippen molar-refractivity contribution in [2.24, 2.45) is 0 Å². The molecule has 1 aliphatic rings. The molecule has 3 N–H and O–H groups in total. The Morgan fingerprint density at radius 2 is 2.45 bits per heavy atom. The molecule has 11 heavy (non-hydrogen) atoms. The van der Waals surface area contributed by atoms with Crippen LogP contribution in [0.15, 0.2) is 11.1 Å². The molecule has 0 radical (unpaired) electrons. The fraction of sp³-hybridized carbons (Fsp3) is 0. The van der Waals surface area contributed by atoms with Gasteiger partial charge in [0.25, 0.3) is 5.56 Å². The van der Waals surface area contributed by atoms with E-state index in [4.69, 9.17) is 0 Å². The van der Waals surface area contributed by atoms with Crippen LogP contribution < -0.4 is 19.7 Å². The molecule has 1 aliphatic heterocycles. The predicted octanol–water partition coefficient (Wildman–Crippen LogP) is -0.229. The largest absolute Gasteiger partial charge is 0.311 e. The average Bonchev–Trinajstić information content (AvgIpc) is 2.35. The molecule has 6 nitrogen and oxygen atoms in total. The van der Waals surface area contributed by atoms with Crippen LogP contribution in [0.4, 0.5) is 11.5 Å². The van der Waals surface area contributed by atoms with Gasteiger partial charge >= 0.3 is 0 Å². The molecule has 0 saturated heterocycles. The minimum atomic E-state index is -0.179. The van der Waals surface area contributed by atoms with Crippen molar-refractivity contribution in [3.63, 3.8) is 0 Å². The minimum absolute atomic E-state index is 0.179. The Kier molecular flexibility index (Phi) is 1.46. The van der Waals surface area contributed by atoms with Crippen LogP contribution in [0.5, 0.6) is 0 Å². The molecule has 0 fully saturated rings. The van der Waals surface area contributed by atoms with Gasteiger partial charge in [-0.3, -0.25) is 10.2 Å². The molecule has 1 aromatic rings. The number of hydrogen-bond donors (Lipinski definition) is 3. The summed E-state index contributed by atoms with van der Waals surface area (Å²) in [6.07, 6.45) is 1.36. The summed E-state index contributed by atoms with van der Waals surface area (Å²) < 4.78 is 1.60. The molecule has 1 aromatic heterocycles. The highest BCUT2D eigenvalue weighted by Crippen LogP contribution is 2.23. The van der Waals surface area contributed by atoms with Gasteiger partial charge in [0.05, 0.1) is 29.2 Å². The number of anilines is 2. The van der Waals surface area contributed by atoms with Crippen molar-refractivity contribution in [1.29, 1.82) is 0 Å². The summed E-state index contributed by atoms with van der Waals surface area (Å²) >= 11 is 1.98. The van der Waals surface area contributed by atoms with E-state index in [1.165, 1.54) is 6.33 Å². The first-order valence-corrected chi connectivity index (χ1v) is 3.81. The van der Waals surface area contributed by atoms with Gasteiger partial charge in [-0.1, -0.05) is 0 Å². The summed E-state index contributed by atoms with van der Waals surface area (Å²) in [5.41, 5.74) is 5.66. The highest BCUT2D eigenvalue weighted by molar-refractivity contribution is 14.1. The summed E-state index contributed by atoms with van der Waals surface area (Å²) in [6, 6.07) is 0. The molecule has 58 valence electrons. The van der Waals surface area contributed by atoms with E-state index in [1.54, 1.807) is 3.22 Å². The van der Waals surface area contributed by atoms with E-state index in [-0.39, 0.29) is 5.56 Å². The van der Waals surface area contributed by atoms with Crippen LogP contribution in [0.2, 0.25) is 0 Å². The lowest BCUT2D eigenvalue weighted by Crippen LogP contribution is -2.27. The maximum atomic E-state index is 11.0. The lowest BCUT2D eigenvalue weighted by atomic mass is 10.5. The Morgan fingerprint density at radius 3 is 3.18 bits per heavy atom. The average molecular weight is 265 g/mol. The number of aromatic nitrogens is 2. The summed E-state index contributed by atoms with van der Waals surface area (Å²) in [7, 11) is 0. The molecular weight excluding hydrogens is 261 g/mol. The zero-order chi connectivity index (χ0) is 7.84. The minimum Gasteiger partial charge on any atom is -0.311 e. The fourth-order valence-electron chi connectivity index (χ4n) is 0.810. The van der Waals surface area contributed by atoms with Crippen molar-refractivity contribution in [2.45, 2.75) is 0 Å². The van der Waals surface area contributed by atoms with Crippen molar-refractivity contribution in [3.05, 3.63) is 16.7 Å². The maximum Gasteiger partial charge on any atom is 0.277 e. The van der Waals surface area contributed by atoms with Crippen molar-refractivity contribution >= 4 is 34.4 Å². The van der Waals surface area contributed by atoms with Crippen LogP contribution in [0.25, 0.3) is 0 Å². The van der Waals surface area contributed by atoms with Crippen molar-refractivity contribution in [3.8, 4) is 0 Å². The highest BCUT2D eigenvalue weighted by atomic mass is 127. The molecule has 0 unspecified atom stereocenters. The molecule has 2 rings (SSSR count). The van der Waals surface area contributed by atoms with Gasteiger partial charge in [0.1, 0.15) is 0 Å². The van der Waals surface area contributed by atoms with Crippen LogP contribution in [0.1, 0.15) is 0 Å². The molecular formula is C4H4IN5O. The Bertz CT molecular complexity index is 335. The Labute approximate surface area is 75.4 Å². The van der Waals surface area contributed by atoms with Crippen LogP contribution in [0, 0.1) is 0 Å². The van der Waals surface area contributed by atoms with E-state index < -0.39 is 0 Å². The van der Waals surface area contributed by atoms with E-state index in [2.05, 4.69) is 20.9 Å². The summed E-state index contributed by atoms with van der Waals surface area (Å²) in [6.45, 7) is 0. The smallest absolute Gasteiger partial charge is 0.277 e. The number of hydrazine groups is 2. The number of aromatic amines is 1. The Balaban J connectivity index is 2.66. The van der Waals surface area contributed by atoms with Gasteiger partial charge in [0.2, 0.25) is 0 Å². The Morgan fingerprint density at radius 1 is 1.64 bits per heavy atom. The summed E-state index contributed by atoms with van der Waals surface area (Å²) in [4.78, 5) is 17.4. The third-order valence-electron chi connectivity index (χ3n) is 1.30. The second-order valence-electron chi connectivity index (χ2n) is 1.95. The molecule has 0 atom stereocenters. The number of nitrogens with zero attached hydrogens (tertiary/aromatic N) is 2. The molecule has 7 heteroatoms. The molecule has 0 amide bonds. The molecule has 0 saturated carbocycles. The number of H-pyrrole nitrogens is 1. The van der Waals surface area contributed by atoms with Crippen molar-refractivity contribution in [2.75, 3.05) is 8.65 Å². The van der Waals surface area contributed by atoms with Gasteiger partial charge in [0.15, 0.2) is 11.5 Å². The molecule has 2 heterocycles. The van der Waals surface area contributed by atoms with E-state index >= 15 is 0 Å². The first kappa shape index (κ1) is 6.85. The van der Waals surface area contributed by atoms with Crippen LogP contribution in [-0.2, 0) is 0 Å². The number of halogens is 1. The van der Waals surface area contributed by atoms with E-state index in [0.717, 1.165) is 0 Å². The molecule has 0 aliphatic carbocycles. The van der Waals surface area contributed by atoms with Gasteiger partial charge in [-0.2, -0.15) is 0 Å². The number of nitrogens with one attached hydrogen (secondary N) is 3. The van der Waals surface area contributed by atoms with Crippen LogP contribution in [-0.4, -0.2) is 9.97 Å². The van der Waals surface area contributed by atoms with Gasteiger partial charge in [-0.05, 0) is 0 Å². The molecule has 0 aromatic carbocycles. The van der Waals surface area contributed by atoms with Gasteiger partial charge in [-0.25, -0.2) is 8.21 Å². The van der Waals surface area contributed by atoms with Gasteiger partial charge in [0, 0.05) is 0 Å². The zero-order valence-corrected chi connectivity index (χ0v) is 7.42. The van der Waals surface area contributed by atoms with Crippen molar-refractivity contribution in [1.82, 2.24) is 15.5 Å². The number of fused-ring (bicyclic) bond motifs is 1. The zero-order valence-electron chi connectivity index (χ0n) is 5.26. The van der Waals surface area contributed by atoms with Gasteiger partial charge < -0.3 is 4.98 Å². The summed E-state index contributed by atoms with van der Waals surface area (Å²) in [5, 5.41) is 0. The maximum absolute atomic E-state index is 11.0. The first-order chi connectivity index (χ1) is 5.29. The molecule has 0 spiro atoms. The predicted molar refractivity (Wildman–Crippen MR) is 48.1 cm³/mol. The van der Waals surface area contributed by atoms with Gasteiger partial charge in [-0.15, -0.1) is 5.53 Å². The van der Waals surface area contributed by atoms with E-state index in [0.29, 0.717) is 11.5 Å². The quantitative estimate of drug-likeness (QED) is 0.446. The number of rotatable bonds is 0.